The molecular formula is C19H27NO4. The minimum Gasteiger partial charge on any atom is -0.497 e. The fourth-order valence-corrected chi connectivity index (χ4v) is 3.46. The van der Waals surface area contributed by atoms with E-state index in [1.54, 1.807) is 7.11 Å². The first kappa shape index (κ1) is 18.3. The predicted molar refractivity (Wildman–Crippen MR) is 92.1 cm³/mol. The first-order valence-electron chi connectivity index (χ1n) is 8.69. The number of aryl methyl sites for hydroxylation is 1. The molecule has 0 spiro atoms. The number of carboxylic acid groups (broad SMARTS) is 1. The molecule has 0 unspecified atom stereocenters. The number of carbonyl (C=O) groups is 2. The van der Waals surface area contributed by atoms with Crippen molar-refractivity contribution < 1.29 is 19.4 Å². The summed E-state index contributed by atoms with van der Waals surface area (Å²) in [6.07, 6.45) is 5.93. The molecule has 1 aromatic rings. The van der Waals surface area contributed by atoms with Crippen molar-refractivity contribution in [3.05, 3.63) is 29.8 Å². The third kappa shape index (κ3) is 4.98. The first-order chi connectivity index (χ1) is 11.6. The van der Waals surface area contributed by atoms with E-state index in [2.05, 4.69) is 5.32 Å². The molecule has 5 nitrogen and oxygen atoms in total. The summed E-state index contributed by atoms with van der Waals surface area (Å²) in [7, 11) is 1.65. The predicted octanol–water partition coefficient (Wildman–Crippen LogP) is 3.17. The van der Waals surface area contributed by atoms with E-state index in [-0.39, 0.29) is 12.3 Å². The van der Waals surface area contributed by atoms with E-state index in [1.807, 2.05) is 24.3 Å². The zero-order valence-corrected chi connectivity index (χ0v) is 14.3. The minimum absolute atomic E-state index is 0.0379. The summed E-state index contributed by atoms with van der Waals surface area (Å²) in [5.74, 6) is 0.0539. The third-order valence-corrected chi connectivity index (χ3v) is 4.95. The van der Waals surface area contributed by atoms with Crippen molar-refractivity contribution in [2.24, 2.45) is 5.41 Å². The van der Waals surface area contributed by atoms with Crippen molar-refractivity contribution in [3.8, 4) is 5.75 Å². The average molecular weight is 333 g/mol. The molecule has 1 saturated carbocycles. The number of ether oxygens (including phenoxy) is 1. The van der Waals surface area contributed by atoms with Crippen molar-refractivity contribution in [2.45, 2.75) is 51.4 Å². The molecule has 0 heterocycles. The Morgan fingerprint density at radius 1 is 1.21 bits per heavy atom. The molecule has 1 aliphatic carbocycles. The highest BCUT2D eigenvalue weighted by atomic mass is 16.5. The molecule has 0 aliphatic heterocycles. The Balaban J connectivity index is 1.77. The summed E-state index contributed by atoms with van der Waals surface area (Å²) in [5.41, 5.74) is 0.755. The van der Waals surface area contributed by atoms with Gasteiger partial charge in [0, 0.05) is 18.4 Å². The maximum atomic E-state index is 12.6. The van der Waals surface area contributed by atoms with Gasteiger partial charge in [-0.2, -0.15) is 0 Å². The fourth-order valence-electron chi connectivity index (χ4n) is 3.46. The van der Waals surface area contributed by atoms with Gasteiger partial charge in [0.1, 0.15) is 5.75 Å². The SMILES string of the molecule is COc1ccc(CCCNC(=O)C2(CCC(=O)O)CCCC2)cc1. The van der Waals surface area contributed by atoms with Gasteiger partial charge < -0.3 is 15.2 Å². The van der Waals surface area contributed by atoms with Crippen LogP contribution in [0, 0.1) is 5.41 Å². The Kier molecular flexibility index (Phi) is 6.64. The van der Waals surface area contributed by atoms with E-state index in [0.717, 1.165) is 44.3 Å². The quantitative estimate of drug-likeness (QED) is 0.681. The van der Waals surface area contributed by atoms with Gasteiger partial charge in [-0.05, 0) is 49.8 Å². The smallest absolute Gasteiger partial charge is 0.303 e. The number of methoxy groups -OCH3 is 1. The van der Waals surface area contributed by atoms with Gasteiger partial charge >= 0.3 is 5.97 Å². The van der Waals surface area contributed by atoms with E-state index in [1.165, 1.54) is 5.56 Å². The second kappa shape index (κ2) is 8.71. The van der Waals surface area contributed by atoms with E-state index in [4.69, 9.17) is 9.84 Å². The summed E-state index contributed by atoms with van der Waals surface area (Å²) in [6, 6.07) is 7.94. The summed E-state index contributed by atoms with van der Waals surface area (Å²) < 4.78 is 5.14. The number of hydrogen-bond acceptors (Lipinski definition) is 3. The van der Waals surface area contributed by atoms with Crippen molar-refractivity contribution in [1.82, 2.24) is 5.32 Å². The summed E-state index contributed by atoms with van der Waals surface area (Å²) in [6.45, 7) is 0.625. The van der Waals surface area contributed by atoms with Crippen LogP contribution in [0.15, 0.2) is 24.3 Å². The molecule has 1 aliphatic rings. The third-order valence-electron chi connectivity index (χ3n) is 4.95. The zero-order valence-electron chi connectivity index (χ0n) is 14.3. The second-order valence-electron chi connectivity index (χ2n) is 6.59. The Bertz CT molecular complexity index is 547. The summed E-state index contributed by atoms with van der Waals surface area (Å²) in [5, 5.41) is 11.9. The lowest BCUT2D eigenvalue weighted by molar-refractivity contribution is -0.138. The summed E-state index contributed by atoms with van der Waals surface area (Å²) >= 11 is 0. The van der Waals surface area contributed by atoms with Gasteiger partial charge in [-0.3, -0.25) is 9.59 Å². The lowest BCUT2D eigenvalue weighted by Crippen LogP contribution is -2.40. The Morgan fingerprint density at radius 2 is 1.88 bits per heavy atom. The van der Waals surface area contributed by atoms with Crippen LogP contribution < -0.4 is 10.1 Å². The maximum absolute atomic E-state index is 12.6. The number of carboxylic acids is 1. The number of hydrogen-bond donors (Lipinski definition) is 2. The largest absolute Gasteiger partial charge is 0.497 e. The topological polar surface area (TPSA) is 75.6 Å². The number of carbonyl (C=O) groups excluding carboxylic acids is 1. The monoisotopic (exact) mass is 333 g/mol. The van der Waals surface area contributed by atoms with Crippen molar-refractivity contribution in [2.75, 3.05) is 13.7 Å². The average Bonchev–Trinajstić information content (AvgIpc) is 3.07. The van der Waals surface area contributed by atoms with Crippen LogP contribution in [0.25, 0.3) is 0 Å². The Labute approximate surface area is 143 Å². The normalized spacial score (nSPS) is 15.9. The molecule has 0 atom stereocenters. The molecule has 1 amide bonds. The number of aliphatic carboxylic acids is 1. The van der Waals surface area contributed by atoms with Crippen LogP contribution in [-0.2, 0) is 16.0 Å². The molecule has 0 saturated heterocycles. The number of rotatable bonds is 9. The van der Waals surface area contributed by atoms with E-state index < -0.39 is 11.4 Å². The standard InChI is InChI=1S/C19H27NO4/c1-24-16-8-6-15(7-9-16)5-4-14-20-18(23)19(11-2-3-12-19)13-10-17(21)22/h6-9H,2-5,10-14H2,1H3,(H,20,23)(H,21,22). The zero-order chi connectivity index (χ0) is 17.4. The molecule has 1 aromatic carbocycles. The highest BCUT2D eigenvalue weighted by Gasteiger charge is 2.40. The van der Waals surface area contributed by atoms with Gasteiger partial charge in [0.15, 0.2) is 0 Å². The van der Waals surface area contributed by atoms with Crippen molar-refractivity contribution in [3.63, 3.8) is 0 Å². The number of amides is 1. The van der Waals surface area contributed by atoms with Crippen LogP contribution in [0.2, 0.25) is 0 Å². The number of nitrogens with one attached hydrogen (secondary N) is 1. The van der Waals surface area contributed by atoms with E-state index in [0.29, 0.717) is 13.0 Å². The highest BCUT2D eigenvalue weighted by Crippen LogP contribution is 2.42. The summed E-state index contributed by atoms with van der Waals surface area (Å²) in [4.78, 5) is 23.4. The van der Waals surface area contributed by atoms with Crippen LogP contribution >= 0.6 is 0 Å². The van der Waals surface area contributed by atoms with Gasteiger partial charge in [-0.1, -0.05) is 25.0 Å². The Morgan fingerprint density at radius 3 is 2.46 bits per heavy atom. The van der Waals surface area contributed by atoms with Crippen molar-refractivity contribution in [1.29, 1.82) is 0 Å². The number of benzene rings is 1. The molecule has 5 heteroatoms. The minimum atomic E-state index is -0.825. The van der Waals surface area contributed by atoms with Gasteiger partial charge in [0.2, 0.25) is 5.91 Å². The van der Waals surface area contributed by atoms with Crippen LogP contribution in [0.1, 0.15) is 50.5 Å². The van der Waals surface area contributed by atoms with Crippen LogP contribution in [0.4, 0.5) is 0 Å². The molecule has 0 radical (unpaired) electrons. The molecule has 0 bridgehead atoms. The molecule has 24 heavy (non-hydrogen) atoms. The Hall–Kier alpha value is -2.04. The lowest BCUT2D eigenvalue weighted by Gasteiger charge is -2.27. The molecule has 1 fully saturated rings. The van der Waals surface area contributed by atoms with E-state index >= 15 is 0 Å². The van der Waals surface area contributed by atoms with E-state index in [9.17, 15) is 9.59 Å². The van der Waals surface area contributed by atoms with Crippen LogP contribution in [0.5, 0.6) is 5.75 Å². The molecule has 2 rings (SSSR count). The van der Waals surface area contributed by atoms with Crippen molar-refractivity contribution >= 4 is 11.9 Å². The van der Waals surface area contributed by atoms with Gasteiger partial charge in [-0.25, -0.2) is 0 Å². The molecule has 2 N–H and O–H groups in total. The van der Waals surface area contributed by atoms with Gasteiger partial charge in [-0.15, -0.1) is 0 Å². The maximum Gasteiger partial charge on any atom is 0.303 e. The second-order valence-corrected chi connectivity index (χ2v) is 6.59. The first-order valence-corrected chi connectivity index (χ1v) is 8.69. The van der Waals surface area contributed by atoms with Crippen LogP contribution in [0.3, 0.4) is 0 Å². The lowest BCUT2D eigenvalue weighted by atomic mass is 9.80. The highest BCUT2D eigenvalue weighted by molar-refractivity contribution is 5.83. The van der Waals surface area contributed by atoms with Gasteiger partial charge in [0.05, 0.1) is 7.11 Å². The molecule has 132 valence electrons. The molecule has 0 aromatic heterocycles. The van der Waals surface area contributed by atoms with Crippen LogP contribution in [-0.4, -0.2) is 30.6 Å². The van der Waals surface area contributed by atoms with Gasteiger partial charge in [0.25, 0.3) is 0 Å². The molecular weight excluding hydrogens is 306 g/mol. The fraction of sp³-hybridized carbons (Fsp3) is 0.579.